The van der Waals surface area contributed by atoms with Gasteiger partial charge in [0, 0.05) is 43.9 Å². The van der Waals surface area contributed by atoms with Crippen molar-refractivity contribution in [1.29, 1.82) is 0 Å². The first kappa shape index (κ1) is 21.8. The Bertz CT molecular complexity index is 1020. The number of nitro benzene ring substituents is 1. The van der Waals surface area contributed by atoms with Crippen molar-refractivity contribution in [2.75, 3.05) is 39.4 Å². The molecule has 0 saturated carbocycles. The van der Waals surface area contributed by atoms with E-state index in [4.69, 9.17) is 4.74 Å². The van der Waals surface area contributed by atoms with Gasteiger partial charge in [0.1, 0.15) is 5.92 Å². The van der Waals surface area contributed by atoms with Crippen LogP contribution in [0.4, 0.5) is 5.69 Å². The van der Waals surface area contributed by atoms with Crippen LogP contribution < -0.4 is 0 Å². The fourth-order valence-electron chi connectivity index (χ4n) is 4.25. The van der Waals surface area contributed by atoms with Crippen molar-refractivity contribution in [2.24, 2.45) is 5.92 Å². The van der Waals surface area contributed by atoms with Crippen molar-refractivity contribution >= 4 is 23.2 Å². The van der Waals surface area contributed by atoms with Gasteiger partial charge in [-0.25, -0.2) is 0 Å². The summed E-state index contributed by atoms with van der Waals surface area (Å²) in [4.78, 5) is 53.3. The number of amides is 1. The first-order valence-electron chi connectivity index (χ1n) is 10.5. The minimum atomic E-state index is -1.20. The Balaban J connectivity index is 1.67. The quantitative estimate of drug-likeness (QED) is 0.214. The summed E-state index contributed by atoms with van der Waals surface area (Å²) in [7, 11) is 0. The molecule has 9 nitrogen and oxygen atoms in total. The van der Waals surface area contributed by atoms with E-state index in [9.17, 15) is 24.5 Å². The lowest BCUT2D eigenvalue weighted by atomic mass is 9.86. The molecule has 0 radical (unpaired) electrons. The van der Waals surface area contributed by atoms with Gasteiger partial charge in [-0.2, -0.15) is 0 Å². The number of rotatable bonds is 7. The predicted octanol–water partition coefficient (Wildman–Crippen LogP) is 1.88. The second-order valence-electron chi connectivity index (χ2n) is 7.82. The monoisotopic (exact) mass is 437 g/mol. The van der Waals surface area contributed by atoms with Crippen LogP contribution in [0, 0.1) is 16.0 Å². The summed E-state index contributed by atoms with van der Waals surface area (Å²) in [6, 6.07) is 13.3. The summed E-state index contributed by atoms with van der Waals surface area (Å²) in [6.45, 7) is 3.47. The van der Waals surface area contributed by atoms with Crippen LogP contribution in [0.25, 0.3) is 0 Å². The zero-order valence-electron chi connectivity index (χ0n) is 17.4. The zero-order chi connectivity index (χ0) is 22.7. The van der Waals surface area contributed by atoms with E-state index in [0.29, 0.717) is 30.9 Å². The summed E-state index contributed by atoms with van der Waals surface area (Å²) < 4.78 is 5.35. The second-order valence-corrected chi connectivity index (χ2v) is 7.82. The van der Waals surface area contributed by atoms with E-state index in [1.54, 1.807) is 30.3 Å². The zero-order valence-corrected chi connectivity index (χ0v) is 17.4. The molecule has 2 aromatic carbocycles. The molecule has 2 atom stereocenters. The van der Waals surface area contributed by atoms with Crippen LogP contribution in [0.2, 0.25) is 0 Å². The van der Waals surface area contributed by atoms with E-state index in [1.807, 2.05) is 0 Å². The number of nitrogens with zero attached hydrogens (tertiary/aromatic N) is 3. The van der Waals surface area contributed by atoms with Crippen LogP contribution in [-0.2, 0) is 14.3 Å². The van der Waals surface area contributed by atoms with Crippen molar-refractivity contribution in [3.63, 3.8) is 0 Å². The van der Waals surface area contributed by atoms with Crippen LogP contribution >= 0.6 is 0 Å². The highest BCUT2D eigenvalue weighted by molar-refractivity contribution is 6.44. The molecule has 9 heteroatoms. The number of likely N-dealkylation sites (tertiary alicyclic amines) is 1. The minimum Gasteiger partial charge on any atom is -0.379 e. The molecule has 4 rings (SSSR count). The third kappa shape index (κ3) is 4.30. The van der Waals surface area contributed by atoms with Gasteiger partial charge in [0.05, 0.1) is 24.2 Å². The van der Waals surface area contributed by atoms with Crippen LogP contribution in [0.3, 0.4) is 0 Å². The van der Waals surface area contributed by atoms with E-state index in [-0.39, 0.29) is 12.2 Å². The maximum atomic E-state index is 13.3. The largest absolute Gasteiger partial charge is 0.379 e. The van der Waals surface area contributed by atoms with Gasteiger partial charge in [-0.15, -0.1) is 0 Å². The highest BCUT2D eigenvalue weighted by atomic mass is 16.6. The van der Waals surface area contributed by atoms with Crippen LogP contribution in [0.5, 0.6) is 0 Å². The van der Waals surface area contributed by atoms with Gasteiger partial charge >= 0.3 is 0 Å². The third-order valence-electron chi connectivity index (χ3n) is 5.95. The van der Waals surface area contributed by atoms with E-state index >= 15 is 0 Å². The van der Waals surface area contributed by atoms with Crippen LogP contribution in [0.15, 0.2) is 54.6 Å². The molecule has 2 aliphatic rings. The molecule has 0 spiro atoms. The van der Waals surface area contributed by atoms with E-state index in [0.717, 1.165) is 13.1 Å². The third-order valence-corrected chi connectivity index (χ3v) is 5.95. The Morgan fingerprint density at radius 2 is 1.66 bits per heavy atom. The highest BCUT2D eigenvalue weighted by Gasteiger charge is 2.51. The predicted molar refractivity (Wildman–Crippen MR) is 114 cm³/mol. The van der Waals surface area contributed by atoms with E-state index in [1.165, 1.54) is 29.2 Å². The van der Waals surface area contributed by atoms with Crippen molar-refractivity contribution < 1.29 is 24.0 Å². The van der Waals surface area contributed by atoms with Gasteiger partial charge in [0.25, 0.3) is 11.6 Å². The Morgan fingerprint density at radius 1 is 1.00 bits per heavy atom. The number of non-ortho nitro benzene ring substituents is 1. The summed E-state index contributed by atoms with van der Waals surface area (Å²) in [6.07, 6.45) is 0. The molecule has 1 amide bonds. The van der Waals surface area contributed by atoms with Crippen molar-refractivity contribution in [1.82, 2.24) is 9.80 Å². The molecular weight excluding hydrogens is 414 g/mol. The van der Waals surface area contributed by atoms with Crippen LogP contribution in [0.1, 0.15) is 22.0 Å². The number of hydrogen-bond acceptors (Lipinski definition) is 7. The van der Waals surface area contributed by atoms with Gasteiger partial charge in [-0.1, -0.05) is 42.5 Å². The number of carbonyl (C=O) groups excluding carboxylic acids is 3. The summed E-state index contributed by atoms with van der Waals surface area (Å²) >= 11 is 0. The molecule has 166 valence electrons. The molecule has 2 unspecified atom stereocenters. The average Bonchev–Trinajstić information content (AvgIpc) is 3.08. The lowest BCUT2D eigenvalue weighted by Gasteiger charge is -2.31. The Hall–Kier alpha value is -3.43. The van der Waals surface area contributed by atoms with E-state index < -0.39 is 34.4 Å². The molecule has 0 bridgehead atoms. The molecule has 2 fully saturated rings. The molecule has 2 heterocycles. The number of ether oxygens (including phenoxy) is 1. The first-order chi connectivity index (χ1) is 15.5. The smallest absolute Gasteiger partial charge is 0.291 e. The number of nitro groups is 1. The Kier molecular flexibility index (Phi) is 6.38. The summed E-state index contributed by atoms with van der Waals surface area (Å²) in [5, 5.41) is 11.1. The number of hydrogen-bond donors (Lipinski definition) is 0. The average molecular weight is 437 g/mol. The van der Waals surface area contributed by atoms with Gasteiger partial charge in [-0.3, -0.25) is 29.4 Å². The number of carbonyl (C=O) groups is 3. The van der Waals surface area contributed by atoms with E-state index in [2.05, 4.69) is 4.90 Å². The van der Waals surface area contributed by atoms with Crippen molar-refractivity contribution in [2.45, 2.75) is 6.04 Å². The molecule has 32 heavy (non-hydrogen) atoms. The molecule has 0 aliphatic carbocycles. The molecule has 2 saturated heterocycles. The lowest BCUT2D eigenvalue weighted by molar-refractivity contribution is -0.384. The fourth-order valence-corrected chi connectivity index (χ4v) is 4.25. The molecule has 2 aromatic rings. The second kappa shape index (κ2) is 9.37. The van der Waals surface area contributed by atoms with Crippen LogP contribution in [-0.4, -0.2) is 71.6 Å². The van der Waals surface area contributed by atoms with Gasteiger partial charge in [-0.05, 0) is 5.56 Å². The van der Waals surface area contributed by atoms with Gasteiger partial charge in [0.15, 0.2) is 5.78 Å². The van der Waals surface area contributed by atoms with Crippen molar-refractivity contribution in [3.05, 3.63) is 75.8 Å². The number of ketones is 2. The molecule has 0 N–H and O–H groups in total. The van der Waals surface area contributed by atoms with Crippen molar-refractivity contribution in [3.8, 4) is 0 Å². The number of Topliss-reactive ketones (excluding diaryl/α,β-unsaturated/α-hetero) is 2. The minimum absolute atomic E-state index is 0.102. The topological polar surface area (TPSA) is 110 Å². The lowest BCUT2D eigenvalue weighted by Crippen LogP contribution is -2.42. The standard InChI is InChI=1S/C23H23N3O6/c27-21(17-4-2-1-3-5-17)19-20(16-6-8-18(9-7-16)26(30)31)25(23(29)22(19)28)11-10-24-12-14-32-15-13-24/h1-9,19-20H,10-15H2. The Morgan fingerprint density at radius 3 is 2.28 bits per heavy atom. The fraction of sp³-hybridized carbons (Fsp3) is 0.348. The SMILES string of the molecule is O=C1C(=O)N(CCN2CCOCC2)C(c2ccc([N+](=O)[O-])cc2)C1C(=O)c1ccccc1. The molecule has 0 aromatic heterocycles. The summed E-state index contributed by atoms with van der Waals surface area (Å²) in [5.74, 6) is -3.07. The summed E-state index contributed by atoms with van der Waals surface area (Å²) in [5.41, 5.74) is 0.766. The number of benzene rings is 2. The van der Waals surface area contributed by atoms with Gasteiger partial charge < -0.3 is 9.64 Å². The Labute approximate surface area is 184 Å². The highest BCUT2D eigenvalue weighted by Crippen LogP contribution is 2.38. The van der Waals surface area contributed by atoms with Gasteiger partial charge in [0.2, 0.25) is 5.78 Å². The maximum absolute atomic E-state index is 13.3. The number of morpholine rings is 1. The first-order valence-corrected chi connectivity index (χ1v) is 10.5. The maximum Gasteiger partial charge on any atom is 0.291 e. The molecule has 2 aliphatic heterocycles. The normalized spacial score (nSPS) is 21.7. The molecular formula is C23H23N3O6.